The third-order valence-electron chi connectivity index (χ3n) is 10.9. The summed E-state index contributed by atoms with van der Waals surface area (Å²) in [5, 5.41) is 8.56. The lowest BCUT2D eigenvalue weighted by Gasteiger charge is -2.45. The van der Waals surface area contributed by atoms with E-state index in [-0.39, 0.29) is 0 Å². The lowest BCUT2D eigenvalue weighted by molar-refractivity contribution is -0.482. The molecule has 0 aromatic heterocycles. The summed E-state index contributed by atoms with van der Waals surface area (Å²) in [7, 11) is 0. The molecule has 0 aliphatic carbocycles. The lowest BCUT2D eigenvalue weighted by atomic mass is 9.84. The number of hydrogen-bond donors (Lipinski definition) is 1. The molecule has 53 heteroatoms. The fourth-order valence-corrected chi connectivity index (χ4v) is 5.47. The summed E-state index contributed by atoms with van der Waals surface area (Å²) in [6, 6.07) is 0. The fourth-order valence-electron chi connectivity index (χ4n) is 5.47. The summed E-state index contributed by atoms with van der Waals surface area (Å²) in [6.45, 7) is -9.07. The van der Waals surface area contributed by atoms with Crippen LogP contribution < -0.4 is 0 Å². The summed E-state index contributed by atoms with van der Waals surface area (Å²) < 4.78 is 688. The number of nitrogens with zero attached hydrogens (tertiary/aromatic N) is 1. The van der Waals surface area contributed by atoms with E-state index in [9.17, 15) is 224 Å². The normalized spacial score (nSPS) is 16.9. The summed E-state index contributed by atoms with van der Waals surface area (Å²) in [6.07, 6.45) is -27.6. The van der Waals surface area contributed by atoms with Crippen LogP contribution in [0.1, 0.15) is 19.3 Å². The molecule has 0 aliphatic rings. The van der Waals surface area contributed by atoms with Gasteiger partial charge in [0.25, 0.3) is 0 Å². The molecule has 0 aliphatic heterocycles. The van der Waals surface area contributed by atoms with Crippen molar-refractivity contribution in [2.75, 3.05) is 19.6 Å². The molecule has 1 N–H and O–H groups in total. The molecule has 0 saturated heterocycles. The van der Waals surface area contributed by atoms with Crippen LogP contribution in [0.15, 0.2) is 0 Å². The van der Waals surface area contributed by atoms with Gasteiger partial charge >= 0.3 is 149 Å². The number of carbonyl (C=O) groups is 1. The molecule has 0 radical (unpaired) electrons. The lowest BCUT2D eigenvalue weighted by Crippen LogP contribution is -2.78. The van der Waals surface area contributed by atoms with Crippen LogP contribution in [0.25, 0.3) is 0 Å². The molecule has 0 spiro atoms. The van der Waals surface area contributed by atoms with Gasteiger partial charge in [-0.1, -0.05) is 0 Å². The Morgan fingerprint density at radius 1 is 0.214 bits per heavy atom. The van der Waals surface area contributed by atoms with Crippen molar-refractivity contribution in [2.24, 2.45) is 0 Å². The van der Waals surface area contributed by atoms with Gasteiger partial charge < -0.3 is 10.0 Å². The Balaban J connectivity index is 7.53. The smallest absolute Gasteiger partial charge is 0.460 e. The van der Waals surface area contributed by atoms with Gasteiger partial charge in [-0.3, -0.25) is 4.79 Å². The van der Waals surface area contributed by atoms with Crippen LogP contribution in [-0.2, 0) is 4.79 Å². The Kier molecular flexibility index (Phi) is 19.8. The number of hydrogen-bond acceptors (Lipinski definition) is 2. The average molecular weight is 1380 g/mol. The number of alkyl halides is 50. The van der Waals surface area contributed by atoms with Gasteiger partial charge in [0, 0.05) is 32.5 Å². The third-order valence-corrected chi connectivity index (χ3v) is 10.9. The summed E-state index contributed by atoms with van der Waals surface area (Å²) >= 11 is 0. The maximum Gasteiger partial charge on any atom is 0.460 e. The van der Waals surface area contributed by atoms with E-state index in [2.05, 4.69) is 0 Å². The first kappa shape index (κ1) is 79.9. The van der Waals surface area contributed by atoms with Gasteiger partial charge in [0.05, 0.1) is 6.42 Å². The van der Waals surface area contributed by atoms with Crippen molar-refractivity contribution in [1.29, 1.82) is 0 Å². The van der Waals surface area contributed by atoms with E-state index in [4.69, 9.17) is 5.11 Å². The number of rotatable bonds is 29. The van der Waals surface area contributed by atoms with Gasteiger partial charge in [-0.05, 0) is 0 Å². The first-order valence-corrected chi connectivity index (χ1v) is 18.9. The van der Waals surface area contributed by atoms with Crippen LogP contribution in [0.5, 0.6) is 0 Å². The number of carboxylic acid groups (broad SMARTS) is 1. The van der Waals surface area contributed by atoms with E-state index in [1.165, 1.54) is 0 Å². The molecule has 0 heterocycles. The molecular formula is C31H13F50NO2. The molecule has 84 heavy (non-hydrogen) atoms. The molecule has 0 bridgehead atoms. The van der Waals surface area contributed by atoms with Crippen LogP contribution in [-0.4, -0.2) is 178 Å². The van der Waals surface area contributed by atoms with E-state index >= 15 is 0 Å². The van der Waals surface area contributed by atoms with Crippen molar-refractivity contribution in [3.05, 3.63) is 0 Å². The molecule has 504 valence electrons. The second-order valence-electron chi connectivity index (χ2n) is 16.4. The highest BCUT2D eigenvalue weighted by Crippen LogP contribution is 2.71. The Labute approximate surface area is 423 Å². The van der Waals surface area contributed by atoms with Crippen molar-refractivity contribution in [3.63, 3.8) is 0 Å². The van der Waals surface area contributed by atoms with Crippen molar-refractivity contribution in [1.82, 2.24) is 4.90 Å². The molecule has 0 amide bonds. The Morgan fingerprint density at radius 2 is 0.345 bits per heavy atom. The number of aliphatic carboxylic acids is 1. The van der Waals surface area contributed by atoms with Crippen molar-refractivity contribution >= 4 is 5.97 Å². The molecule has 0 rings (SSSR count). The minimum Gasteiger partial charge on any atom is -0.481 e. The molecule has 0 aromatic rings. The Morgan fingerprint density at radius 3 is 0.476 bits per heavy atom. The monoisotopic (exact) mass is 1380 g/mol. The fraction of sp³-hybridized carbons (Fsp3) is 0.968. The summed E-state index contributed by atoms with van der Waals surface area (Å²) in [5.74, 6) is -213. The van der Waals surface area contributed by atoms with Crippen LogP contribution in [0.3, 0.4) is 0 Å². The highest BCUT2D eigenvalue weighted by molar-refractivity contribution is 5.66. The molecule has 3 nitrogen and oxygen atoms in total. The van der Waals surface area contributed by atoms with E-state index in [1.807, 2.05) is 0 Å². The SMILES string of the molecule is O=C(O)CCN(CCC(F)(F)C(F)(F)C(F)(F)C(F)(F)C(F)(F)C(F)(F)C(F)(F)C(F)(F)C(F)(F)C(F)(F)C(F)(F)C(F)(F)F)CCC(F)(F)C(F)(F)C(F)(F)C(F)(F)C(F)(F)C(F)(F)C(F)(F)C(F)(F)C(F)(F)C(F)(F)C(F)(F)C(F)(F)F. The van der Waals surface area contributed by atoms with Gasteiger partial charge in [0.2, 0.25) is 0 Å². The third kappa shape index (κ3) is 10.4. The highest BCUT2D eigenvalue weighted by atomic mass is 19.5. The zero-order valence-corrected chi connectivity index (χ0v) is 36.9. The van der Waals surface area contributed by atoms with E-state index in [0.29, 0.717) is 0 Å². The second-order valence-corrected chi connectivity index (χ2v) is 16.4. The van der Waals surface area contributed by atoms with E-state index in [0.717, 1.165) is 0 Å². The van der Waals surface area contributed by atoms with E-state index in [1.54, 1.807) is 0 Å². The topological polar surface area (TPSA) is 40.5 Å². The van der Waals surface area contributed by atoms with Gasteiger partial charge in [-0.2, -0.15) is 220 Å². The van der Waals surface area contributed by atoms with Gasteiger partial charge in [0.15, 0.2) is 0 Å². The summed E-state index contributed by atoms with van der Waals surface area (Å²) in [4.78, 5) is 9.42. The Bertz CT molecular complexity index is 2160. The molecule has 0 unspecified atom stereocenters. The first-order valence-electron chi connectivity index (χ1n) is 18.9. The highest BCUT2D eigenvalue weighted by Gasteiger charge is 3.02. The number of halogens is 50. The predicted molar refractivity (Wildman–Crippen MR) is 159 cm³/mol. The maximum atomic E-state index is 14.5. The molecule has 0 aromatic carbocycles. The minimum atomic E-state index is -10.1. The van der Waals surface area contributed by atoms with Crippen molar-refractivity contribution < 1.29 is 229 Å². The maximum absolute atomic E-state index is 14.5. The standard InChI is InChI=1S/C31H13F50NO2/c32-8(33,10(36,37)12(40,41)14(44,45)16(48,49)18(52,53)20(56,57)22(60,61)24(64,65)26(68,69)28(72,73)30(76,77)78)2-5-82(4-1-7(83)84)6-3-9(34,35)11(38,39)13(42,43)15(46,47)17(50,51)19(54,55)21(58,59)23(62,63)25(66,67)27(70,71)29(74,75)31(79,80)81/h1-6H2,(H,83,84). The molecule has 0 atom stereocenters. The zero-order valence-electron chi connectivity index (χ0n) is 36.9. The number of carboxylic acids is 1. The molecular weight excluding hydrogens is 1370 g/mol. The summed E-state index contributed by atoms with van der Waals surface area (Å²) in [5.41, 5.74) is 0. The van der Waals surface area contributed by atoms with Gasteiger partial charge in [-0.15, -0.1) is 0 Å². The van der Waals surface area contributed by atoms with Crippen LogP contribution in [0, 0.1) is 0 Å². The molecule has 0 fully saturated rings. The first-order chi connectivity index (χ1) is 35.5. The zero-order chi connectivity index (χ0) is 69.4. The van der Waals surface area contributed by atoms with Crippen molar-refractivity contribution in [2.45, 2.75) is 162 Å². The van der Waals surface area contributed by atoms with Crippen LogP contribution >= 0.6 is 0 Å². The minimum absolute atomic E-state index is 1.37. The largest absolute Gasteiger partial charge is 0.481 e. The average Bonchev–Trinajstić information content (AvgIpc) is 3.26. The second kappa shape index (κ2) is 20.8. The Hall–Kier alpha value is -4.07. The molecule has 0 saturated carbocycles. The van der Waals surface area contributed by atoms with Crippen molar-refractivity contribution in [3.8, 4) is 0 Å². The quantitative estimate of drug-likeness (QED) is 0.0759. The van der Waals surface area contributed by atoms with E-state index < -0.39 is 192 Å². The van der Waals surface area contributed by atoms with Crippen LogP contribution in [0.2, 0.25) is 0 Å². The van der Waals surface area contributed by atoms with Crippen LogP contribution in [0.4, 0.5) is 220 Å². The predicted octanol–water partition coefficient (Wildman–Crippen LogP) is 16.6. The van der Waals surface area contributed by atoms with Gasteiger partial charge in [-0.25, -0.2) is 0 Å². The van der Waals surface area contributed by atoms with Gasteiger partial charge in [0.1, 0.15) is 0 Å².